The normalized spacial score (nSPS) is 14.8. The molecule has 4 heteroatoms. The number of hydrogen-bond acceptors (Lipinski definition) is 3. The van der Waals surface area contributed by atoms with Crippen LogP contribution in [0.5, 0.6) is 0 Å². The third-order valence-corrected chi connectivity index (χ3v) is 4.22. The molecule has 0 amide bonds. The number of aromatic nitrogens is 1. The van der Waals surface area contributed by atoms with E-state index in [1.165, 1.54) is 11.1 Å². The summed E-state index contributed by atoms with van der Waals surface area (Å²) in [5, 5.41) is 0. The molecule has 0 aliphatic carbocycles. The Hall–Kier alpha value is -1.39. The third-order valence-electron chi connectivity index (χ3n) is 3.78. The average Bonchev–Trinajstić information content (AvgIpc) is 2.69. The van der Waals surface area contributed by atoms with Crippen LogP contribution < -0.4 is 10.6 Å². The number of halogens is 1. The SMILES string of the molecule is NCc1cc(Br)cnc1N1CCCc2ccccc2C1. The van der Waals surface area contributed by atoms with Crippen LogP contribution in [0.4, 0.5) is 5.82 Å². The van der Waals surface area contributed by atoms with Gasteiger partial charge in [0, 0.05) is 35.9 Å². The molecule has 0 bridgehead atoms. The first-order chi connectivity index (χ1) is 9.78. The minimum absolute atomic E-state index is 0.514. The number of nitrogens with zero attached hydrogens (tertiary/aromatic N) is 2. The van der Waals surface area contributed by atoms with E-state index in [0.717, 1.165) is 41.8 Å². The molecule has 0 saturated carbocycles. The van der Waals surface area contributed by atoms with Crippen molar-refractivity contribution in [3.05, 3.63) is 57.7 Å². The van der Waals surface area contributed by atoms with Crippen molar-refractivity contribution in [1.29, 1.82) is 0 Å². The predicted octanol–water partition coefficient (Wildman–Crippen LogP) is 3.26. The van der Waals surface area contributed by atoms with Gasteiger partial charge in [-0.2, -0.15) is 0 Å². The largest absolute Gasteiger partial charge is 0.352 e. The summed E-state index contributed by atoms with van der Waals surface area (Å²) in [6.07, 6.45) is 4.14. The Balaban J connectivity index is 1.95. The molecule has 20 heavy (non-hydrogen) atoms. The minimum Gasteiger partial charge on any atom is -0.352 e. The van der Waals surface area contributed by atoms with Crippen molar-refractivity contribution >= 4 is 21.7 Å². The second-order valence-corrected chi connectivity index (χ2v) is 6.05. The van der Waals surface area contributed by atoms with Crippen LogP contribution in [0, 0.1) is 0 Å². The molecular formula is C16H18BrN3. The van der Waals surface area contributed by atoms with Crippen molar-refractivity contribution in [2.45, 2.75) is 25.9 Å². The summed E-state index contributed by atoms with van der Waals surface area (Å²) in [6.45, 7) is 2.45. The zero-order valence-electron chi connectivity index (χ0n) is 11.3. The first-order valence-electron chi connectivity index (χ1n) is 6.94. The van der Waals surface area contributed by atoms with Crippen LogP contribution in [-0.4, -0.2) is 11.5 Å². The predicted molar refractivity (Wildman–Crippen MR) is 85.6 cm³/mol. The summed E-state index contributed by atoms with van der Waals surface area (Å²) in [7, 11) is 0. The Morgan fingerprint density at radius 3 is 2.85 bits per heavy atom. The quantitative estimate of drug-likeness (QED) is 0.918. The van der Waals surface area contributed by atoms with Crippen molar-refractivity contribution in [3.63, 3.8) is 0 Å². The third kappa shape index (κ3) is 2.72. The van der Waals surface area contributed by atoms with Crippen LogP contribution in [0.2, 0.25) is 0 Å². The van der Waals surface area contributed by atoms with Gasteiger partial charge in [-0.05, 0) is 46.0 Å². The number of nitrogens with two attached hydrogens (primary N) is 1. The van der Waals surface area contributed by atoms with Gasteiger partial charge in [0.2, 0.25) is 0 Å². The monoisotopic (exact) mass is 331 g/mol. The van der Waals surface area contributed by atoms with Crippen molar-refractivity contribution in [2.75, 3.05) is 11.4 Å². The number of pyridine rings is 1. The molecule has 1 aliphatic rings. The van der Waals surface area contributed by atoms with Gasteiger partial charge < -0.3 is 10.6 Å². The number of aryl methyl sites for hydroxylation is 1. The van der Waals surface area contributed by atoms with Crippen LogP contribution in [-0.2, 0) is 19.5 Å². The molecule has 0 atom stereocenters. The van der Waals surface area contributed by atoms with Crippen molar-refractivity contribution in [1.82, 2.24) is 4.98 Å². The van der Waals surface area contributed by atoms with Crippen molar-refractivity contribution in [3.8, 4) is 0 Å². The van der Waals surface area contributed by atoms with Gasteiger partial charge in [0.05, 0.1) is 0 Å². The number of fused-ring (bicyclic) bond motifs is 1. The van der Waals surface area contributed by atoms with Crippen LogP contribution >= 0.6 is 15.9 Å². The van der Waals surface area contributed by atoms with E-state index in [0.29, 0.717) is 6.54 Å². The topological polar surface area (TPSA) is 42.1 Å². The van der Waals surface area contributed by atoms with E-state index in [2.05, 4.69) is 56.1 Å². The smallest absolute Gasteiger partial charge is 0.133 e. The molecule has 0 unspecified atom stereocenters. The second-order valence-electron chi connectivity index (χ2n) is 5.13. The van der Waals surface area contributed by atoms with Gasteiger partial charge in [-0.3, -0.25) is 0 Å². The highest BCUT2D eigenvalue weighted by Gasteiger charge is 2.17. The number of benzene rings is 1. The molecule has 1 aromatic carbocycles. The van der Waals surface area contributed by atoms with Crippen molar-refractivity contribution < 1.29 is 0 Å². The van der Waals surface area contributed by atoms with Crippen LogP contribution in [0.3, 0.4) is 0 Å². The lowest BCUT2D eigenvalue weighted by molar-refractivity contribution is 0.747. The molecule has 3 nitrogen and oxygen atoms in total. The Morgan fingerprint density at radius 1 is 1.25 bits per heavy atom. The first kappa shape index (κ1) is 13.6. The van der Waals surface area contributed by atoms with Gasteiger partial charge in [0.15, 0.2) is 0 Å². The highest BCUT2D eigenvalue weighted by atomic mass is 79.9. The van der Waals surface area contributed by atoms with Gasteiger partial charge in [-0.1, -0.05) is 24.3 Å². The molecule has 1 aromatic heterocycles. The molecule has 104 valence electrons. The van der Waals surface area contributed by atoms with E-state index in [4.69, 9.17) is 5.73 Å². The lowest BCUT2D eigenvalue weighted by Crippen LogP contribution is -2.25. The maximum absolute atomic E-state index is 5.87. The Morgan fingerprint density at radius 2 is 2.05 bits per heavy atom. The molecule has 0 radical (unpaired) electrons. The molecule has 0 saturated heterocycles. The highest BCUT2D eigenvalue weighted by Crippen LogP contribution is 2.26. The van der Waals surface area contributed by atoms with Crippen molar-refractivity contribution in [2.24, 2.45) is 5.73 Å². The van der Waals surface area contributed by atoms with E-state index in [1.54, 1.807) is 0 Å². The van der Waals surface area contributed by atoms with Gasteiger partial charge in [0.1, 0.15) is 5.82 Å². The number of anilines is 1. The summed E-state index contributed by atoms with van der Waals surface area (Å²) in [4.78, 5) is 6.93. The van der Waals surface area contributed by atoms with E-state index in [1.807, 2.05) is 6.20 Å². The van der Waals surface area contributed by atoms with Crippen LogP contribution in [0.15, 0.2) is 41.0 Å². The maximum Gasteiger partial charge on any atom is 0.133 e. The summed E-state index contributed by atoms with van der Waals surface area (Å²) in [5.74, 6) is 1.02. The maximum atomic E-state index is 5.87. The second kappa shape index (κ2) is 5.94. The molecule has 1 aliphatic heterocycles. The fourth-order valence-corrected chi connectivity index (χ4v) is 3.17. The van der Waals surface area contributed by atoms with Gasteiger partial charge >= 0.3 is 0 Å². The highest BCUT2D eigenvalue weighted by molar-refractivity contribution is 9.10. The van der Waals surface area contributed by atoms with E-state index >= 15 is 0 Å². The molecule has 0 spiro atoms. The summed E-state index contributed by atoms with van der Waals surface area (Å²) in [5.41, 5.74) is 9.83. The van der Waals surface area contributed by atoms with Gasteiger partial charge in [-0.15, -0.1) is 0 Å². The lowest BCUT2D eigenvalue weighted by Gasteiger charge is -2.24. The number of rotatable bonds is 2. The Kier molecular flexibility index (Phi) is 4.03. The summed E-state index contributed by atoms with van der Waals surface area (Å²) < 4.78 is 0.983. The lowest BCUT2D eigenvalue weighted by atomic mass is 10.0. The molecule has 2 aromatic rings. The molecular weight excluding hydrogens is 314 g/mol. The first-order valence-corrected chi connectivity index (χ1v) is 7.73. The Bertz CT molecular complexity index is 612. The molecule has 2 N–H and O–H groups in total. The average molecular weight is 332 g/mol. The molecule has 2 heterocycles. The molecule has 3 rings (SSSR count). The Labute approximate surface area is 127 Å². The number of hydrogen-bond donors (Lipinski definition) is 1. The zero-order valence-corrected chi connectivity index (χ0v) is 12.9. The van der Waals surface area contributed by atoms with Gasteiger partial charge in [-0.25, -0.2) is 4.98 Å². The minimum atomic E-state index is 0.514. The van der Waals surface area contributed by atoms with E-state index in [9.17, 15) is 0 Å². The standard InChI is InChI=1S/C16H18BrN3/c17-15-8-14(9-18)16(19-10-15)20-7-3-6-12-4-1-2-5-13(12)11-20/h1-2,4-5,8,10H,3,6-7,9,11,18H2. The molecule has 0 fully saturated rings. The van der Waals surface area contributed by atoms with E-state index in [-0.39, 0.29) is 0 Å². The summed E-state index contributed by atoms with van der Waals surface area (Å²) >= 11 is 3.47. The van der Waals surface area contributed by atoms with Crippen LogP contribution in [0.1, 0.15) is 23.1 Å². The summed E-state index contributed by atoms with van der Waals surface area (Å²) in [6, 6.07) is 10.8. The fourth-order valence-electron chi connectivity index (χ4n) is 2.79. The fraction of sp³-hybridized carbons (Fsp3) is 0.312. The van der Waals surface area contributed by atoms with E-state index < -0.39 is 0 Å². The van der Waals surface area contributed by atoms with Crippen LogP contribution in [0.25, 0.3) is 0 Å². The van der Waals surface area contributed by atoms with Gasteiger partial charge in [0.25, 0.3) is 0 Å². The zero-order chi connectivity index (χ0) is 13.9.